The summed E-state index contributed by atoms with van der Waals surface area (Å²) in [4.78, 5) is 38.9. The molecular weight excluding hydrogens is 520 g/mol. The van der Waals surface area contributed by atoms with E-state index in [1.165, 1.54) is 66.4 Å². The third kappa shape index (κ3) is 8.37. The zero-order valence-electron chi connectivity index (χ0n) is 20.5. The zero-order chi connectivity index (χ0) is 27.6. The van der Waals surface area contributed by atoms with Crippen molar-refractivity contribution in [3.63, 3.8) is 0 Å². The lowest BCUT2D eigenvalue weighted by atomic mass is 10.1. The quantitative estimate of drug-likeness (QED) is 0.176. The fraction of sp³-hybridized carbons (Fsp3) is 0.0333. The third-order valence-electron chi connectivity index (χ3n) is 5.30. The summed E-state index contributed by atoms with van der Waals surface area (Å²) < 4.78 is 26.4. The van der Waals surface area contributed by atoms with Gasteiger partial charge >= 0.3 is 0 Å². The molecule has 0 heterocycles. The van der Waals surface area contributed by atoms with Crippen LogP contribution in [0, 0.1) is 11.6 Å². The fourth-order valence-corrected chi connectivity index (χ4v) is 4.16. The van der Waals surface area contributed by atoms with Crippen molar-refractivity contribution < 1.29 is 23.2 Å². The van der Waals surface area contributed by atoms with Gasteiger partial charge in [-0.1, -0.05) is 36.4 Å². The van der Waals surface area contributed by atoms with Crippen molar-refractivity contribution in [2.24, 2.45) is 0 Å². The maximum atomic E-state index is 13.4. The smallest absolute Gasteiger partial charge is 0.272 e. The molecule has 4 aromatic carbocycles. The highest BCUT2D eigenvalue weighted by atomic mass is 32.2. The number of hydrogen-bond acceptors (Lipinski definition) is 4. The maximum Gasteiger partial charge on any atom is 0.272 e. The number of halogens is 2. The second-order valence-corrected chi connectivity index (χ2v) is 9.30. The van der Waals surface area contributed by atoms with Crippen LogP contribution in [-0.4, -0.2) is 23.5 Å². The molecule has 0 aliphatic heterocycles. The van der Waals surface area contributed by atoms with Gasteiger partial charge in [0.15, 0.2) is 0 Å². The molecule has 0 aromatic heterocycles. The van der Waals surface area contributed by atoms with E-state index in [-0.39, 0.29) is 17.4 Å². The second-order valence-electron chi connectivity index (χ2n) is 8.26. The van der Waals surface area contributed by atoms with E-state index in [4.69, 9.17) is 0 Å². The molecule has 0 unspecified atom stereocenters. The number of nitrogens with one attached hydrogen (secondary N) is 3. The predicted octanol–water partition coefficient (Wildman–Crippen LogP) is 6.11. The molecule has 0 saturated carbocycles. The Morgan fingerprint density at radius 3 is 2.08 bits per heavy atom. The first-order chi connectivity index (χ1) is 18.9. The number of anilines is 2. The number of hydrogen-bond donors (Lipinski definition) is 3. The van der Waals surface area contributed by atoms with Gasteiger partial charge in [0.05, 0.1) is 5.75 Å². The van der Waals surface area contributed by atoms with Crippen LogP contribution in [0.4, 0.5) is 20.2 Å². The molecule has 0 aliphatic rings. The minimum Gasteiger partial charge on any atom is -0.325 e. The van der Waals surface area contributed by atoms with Crippen LogP contribution < -0.4 is 16.0 Å². The Balaban J connectivity index is 1.44. The molecule has 0 spiro atoms. The first kappa shape index (κ1) is 27.3. The molecule has 0 aliphatic carbocycles. The highest BCUT2D eigenvalue weighted by molar-refractivity contribution is 8.00. The molecule has 196 valence electrons. The average Bonchev–Trinajstić information content (AvgIpc) is 2.94. The van der Waals surface area contributed by atoms with E-state index in [0.717, 1.165) is 4.90 Å². The molecule has 0 atom stereocenters. The number of thioether (sulfide) groups is 1. The van der Waals surface area contributed by atoms with Gasteiger partial charge in [0, 0.05) is 21.8 Å². The molecule has 9 heteroatoms. The summed E-state index contributed by atoms with van der Waals surface area (Å²) in [5, 5.41) is 8.08. The highest BCUT2D eigenvalue weighted by Crippen LogP contribution is 2.23. The van der Waals surface area contributed by atoms with Crippen molar-refractivity contribution in [2.45, 2.75) is 4.90 Å². The van der Waals surface area contributed by atoms with Gasteiger partial charge in [0.1, 0.15) is 17.3 Å². The number of amides is 3. The summed E-state index contributed by atoms with van der Waals surface area (Å²) >= 11 is 1.26. The lowest BCUT2D eigenvalue weighted by Crippen LogP contribution is -2.30. The molecule has 3 N–H and O–H groups in total. The van der Waals surface area contributed by atoms with Crippen LogP contribution in [0.5, 0.6) is 0 Å². The van der Waals surface area contributed by atoms with E-state index in [2.05, 4.69) is 16.0 Å². The molecule has 39 heavy (non-hydrogen) atoms. The van der Waals surface area contributed by atoms with Gasteiger partial charge < -0.3 is 16.0 Å². The molecule has 6 nitrogen and oxygen atoms in total. The van der Waals surface area contributed by atoms with E-state index >= 15 is 0 Å². The number of rotatable bonds is 9. The SMILES string of the molecule is O=C(CSc1cccc(NC(=O)/C(=C/c2ccc(F)cc2)NC(=O)c2ccccc2)c1)Nc1ccc(F)cc1. The Hall–Kier alpha value is -4.76. The van der Waals surface area contributed by atoms with Gasteiger partial charge in [-0.25, -0.2) is 8.78 Å². The standard InChI is InChI=1S/C30H23F2N3O3S/c31-22-11-9-20(10-12-22)17-27(35-29(37)21-5-2-1-3-6-21)30(38)34-25-7-4-8-26(18-25)39-19-28(36)33-24-15-13-23(32)14-16-24/h1-18H,19H2,(H,33,36)(H,34,38)(H,35,37)/b27-17-. The molecule has 4 rings (SSSR count). The monoisotopic (exact) mass is 543 g/mol. The predicted molar refractivity (Wildman–Crippen MR) is 149 cm³/mol. The van der Waals surface area contributed by atoms with Crippen LogP contribution >= 0.6 is 11.8 Å². The van der Waals surface area contributed by atoms with Crippen LogP contribution in [0.15, 0.2) is 114 Å². The van der Waals surface area contributed by atoms with E-state index in [0.29, 0.717) is 22.5 Å². The summed E-state index contributed by atoms with van der Waals surface area (Å²) in [6.45, 7) is 0. The van der Waals surface area contributed by atoms with Crippen molar-refractivity contribution >= 4 is 46.9 Å². The molecule has 0 saturated heterocycles. The van der Waals surface area contributed by atoms with Crippen LogP contribution in [0.3, 0.4) is 0 Å². The molecule has 4 aromatic rings. The van der Waals surface area contributed by atoms with E-state index in [9.17, 15) is 23.2 Å². The van der Waals surface area contributed by atoms with Crippen LogP contribution in [0.2, 0.25) is 0 Å². The summed E-state index contributed by atoms with van der Waals surface area (Å²) in [7, 11) is 0. The van der Waals surface area contributed by atoms with E-state index < -0.39 is 23.4 Å². The minimum absolute atomic E-state index is 0.0350. The lowest BCUT2D eigenvalue weighted by Gasteiger charge is -2.12. The Morgan fingerprint density at radius 1 is 0.718 bits per heavy atom. The van der Waals surface area contributed by atoms with Gasteiger partial charge in [0.2, 0.25) is 5.91 Å². The Labute approximate surface area is 228 Å². The van der Waals surface area contributed by atoms with Crippen LogP contribution in [0.25, 0.3) is 6.08 Å². The number of benzene rings is 4. The van der Waals surface area contributed by atoms with Crippen molar-refractivity contribution in [3.05, 3.63) is 132 Å². The largest absolute Gasteiger partial charge is 0.325 e. The van der Waals surface area contributed by atoms with Gasteiger partial charge in [-0.2, -0.15) is 0 Å². The third-order valence-corrected chi connectivity index (χ3v) is 6.29. The first-order valence-electron chi connectivity index (χ1n) is 11.8. The van der Waals surface area contributed by atoms with Gasteiger partial charge in [-0.05, 0) is 78.4 Å². The van der Waals surface area contributed by atoms with Gasteiger partial charge in [-0.15, -0.1) is 11.8 Å². The Morgan fingerprint density at radius 2 is 1.38 bits per heavy atom. The van der Waals surface area contributed by atoms with E-state index in [1.807, 2.05) is 0 Å². The Bertz CT molecular complexity index is 1490. The topological polar surface area (TPSA) is 87.3 Å². The molecule has 3 amide bonds. The van der Waals surface area contributed by atoms with Crippen molar-refractivity contribution in [1.29, 1.82) is 0 Å². The summed E-state index contributed by atoms with van der Waals surface area (Å²) in [5.74, 6) is -2.05. The molecular formula is C30H23F2N3O3S. The normalized spacial score (nSPS) is 11.0. The second kappa shape index (κ2) is 13.2. The van der Waals surface area contributed by atoms with Crippen LogP contribution in [-0.2, 0) is 9.59 Å². The van der Waals surface area contributed by atoms with Crippen molar-refractivity contribution in [3.8, 4) is 0 Å². The molecule has 0 radical (unpaired) electrons. The van der Waals surface area contributed by atoms with Crippen LogP contribution in [0.1, 0.15) is 15.9 Å². The van der Waals surface area contributed by atoms with Gasteiger partial charge in [-0.3, -0.25) is 14.4 Å². The Kier molecular flexibility index (Phi) is 9.20. The van der Waals surface area contributed by atoms with Crippen molar-refractivity contribution in [2.75, 3.05) is 16.4 Å². The number of carbonyl (C=O) groups is 3. The fourth-order valence-electron chi connectivity index (χ4n) is 3.41. The number of carbonyl (C=O) groups excluding carboxylic acids is 3. The molecule has 0 fully saturated rings. The molecule has 0 bridgehead atoms. The lowest BCUT2D eigenvalue weighted by molar-refractivity contribution is -0.114. The summed E-state index contributed by atoms with van der Waals surface area (Å²) in [5.41, 5.74) is 1.79. The summed E-state index contributed by atoms with van der Waals surface area (Å²) in [6, 6.07) is 26.3. The van der Waals surface area contributed by atoms with Crippen molar-refractivity contribution in [1.82, 2.24) is 5.32 Å². The zero-order valence-corrected chi connectivity index (χ0v) is 21.3. The highest BCUT2D eigenvalue weighted by Gasteiger charge is 2.15. The average molecular weight is 544 g/mol. The van der Waals surface area contributed by atoms with Gasteiger partial charge in [0.25, 0.3) is 11.8 Å². The minimum atomic E-state index is -0.584. The van der Waals surface area contributed by atoms with E-state index in [1.54, 1.807) is 54.6 Å². The summed E-state index contributed by atoms with van der Waals surface area (Å²) in [6.07, 6.45) is 1.45. The first-order valence-corrected chi connectivity index (χ1v) is 12.8. The maximum absolute atomic E-state index is 13.4.